The molecule has 0 bridgehead atoms. The number of hydrogen-bond donors (Lipinski definition) is 1. The van der Waals surface area contributed by atoms with Crippen LogP contribution in [0.3, 0.4) is 0 Å². The Balaban J connectivity index is 1.62. The molecule has 6 heteroatoms. The Bertz CT molecular complexity index is 914. The summed E-state index contributed by atoms with van der Waals surface area (Å²) in [6.07, 6.45) is 1.76. The van der Waals surface area contributed by atoms with Crippen LogP contribution < -0.4 is 0 Å². The molecule has 1 N–H and O–H groups in total. The number of rotatable bonds is 4. The van der Waals surface area contributed by atoms with Gasteiger partial charge in [-0.15, -0.1) is 0 Å². The Hall–Kier alpha value is -2.60. The second kappa shape index (κ2) is 6.37. The van der Waals surface area contributed by atoms with E-state index in [-0.39, 0.29) is 17.8 Å². The van der Waals surface area contributed by atoms with Gasteiger partial charge in [-0.2, -0.15) is 0 Å². The highest BCUT2D eigenvalue weighted by Gasteiger charge is 2.33. The highest BCUT2D eigenvalue weighted by atomic mass is 19.1. The van der Waals surface area contributed by atoms with Crippen molar-refractivity contribution in [3.63, 3.8) is 0 Å². The van der Waals surface area contributed by atoms with E-state index in [9.17, 15) is 9.18 Å². The zero-order valence-corrected chi connectivity index (χ0v) is 13.9. The van der Waals surface area contributed by atoms with E-state index in [0.29, 0.717) is 29.7 Å². The molecular weight excluding hydrogens is 323 g/mol. The Morgan fingerprint density at radius 3 is 3.08 bits per heavy atom. The van der Waals surface area contributed by atoms with Gasteiger partial charge in [0.15, 0.2) is 0 Å². The summed E-state index contributed by atoms with van der Waals surface area (Å²) in [5, 5.41) is 0.432. The van der Waals surface area contributed by atoms with Gasteiger partial charge in [-0.1, -0.05) is 6.07 Å². The van der Waals surface area contributed by atoms with E-state index >= 15 is 0 Å². The molecule has 1 aliphatic rings. The average molecular weight is 342 g/mol. The van der Waals surface area contributed by atoms with Gasteiger partial charge in [0, 0.05) is 24.6 Å². The van der Waals surface area contributed by atoms with Crippen molar-refractivity contribution in [3.8, 4) is 0 Å². The molecule has 2 aromatic heterocycles. The lowest BCUT2D eigenvalue weighted by atomic mass is 10.1. The third kappa shape index (κ3) is 2.82. The van der Waals surface area contributed by atoms with Gasteiger partial charge < -0.3 is 19.0 Å². The van der Waals surface area contributed by atoms with Gasteiger partial charge in [0.1, 0.15) is 29.6 Å². The number of benzene rings is 1. The summed E-state index contributed by atoms with van der Waals surface area (Å²) in [4.78, 5) is 17.8. The fourth-order valence-electron chi connectivity index (χ4n) is 3.49. The Labute approximate surface area is 144 Å². The first-order chi connectivity index (χ1) is 12.2. The van der Waals surface area contributed by atoms with Crippen LogP contribution in [0.4, 0.5) is 4.39 Å². The van der Waals surface area contributed by atoms with E-state index in [1.54, 1.807) is 30.2 Å². The molecule has 3 heterocycles. The minimum Gasteiger partial charge on any atom is -0.461 e. The number of H-pyrrole nitrogens is 1. The number of hydrogen-bond acceptors (Lipinski definition) is 3. The van der Waals surface area contributed by atoms with Gasteiger partial charge in [-0.25, -0.2) is 4.39 Å². The number of ether oxygens (including phenoxy) is 1. The second-order valence-corrected chi connectivity index (χ2v) is 6.28. The van der Waals surface area contributed by atoms with Crippen LogP contribution in [0.5, 0.6) is 0 Å². The predicted octanol–water partition coefficient (Wildman–Crippen LogP) is 4.02. The summed E-state index contributed by atoms with van der Waals surface area (Å²) in [6, 6.07) is 10.0. The number of aromatic amines is 1. The summed E-state index contributed by atoms with van der Waals surface area (Å²) in [5.41, 5.74) is 1.02. The number of nitrogens with one attached hydrogen (secondary N) is 1. The van der Waals surface area contributed by atoms with Gasteiger partial charge in [-0.3, -0.25) is 4.79 Å². The third-order valence-electron chi connectivity index (χ3n) is 4.65. The number of likely N-dealkylation sites (tertiary alicyclic amines) is 1. The van der Waals surface area contributed by atoms with Crippen molar-refractivity contribution in [1.82, 2.24) is 9.88 Å². The number of nitrogens with zero attached hydrogens (tertiary/aromatic N) is 1. The number of furan rings is 1. The molecule has 130 valence electrons. The summed E-state index contributed by atoms with van der Waals surface area (Å²) in [5.74, 6) is 1.04. The van der Waals surface area contributed by atoms with Crippen LogP contribution in [-0.2, 0) is 11.3 Å². The second-order valence-electron chi connectivity index (χ2n) is 6.28. The molecule has 1 aromatic carbocycles. The molecule has 25 heavy (non-hydrogen) atoms. The number of halogens is 1. The number of carbonyl (C=O) groups is 1. The Kier molecular flexibility index (Phi) is 4.05. The lowest BCUT2D eigenvalue weighted by Crippen LogP contribution is -2.30. The van der Waals surface area contributed by atoms with Crippen LogP contribution in [0, 0.1) is 5.82 Å². The minimum absolute atomic E-state index is 0.102. The lowest BCUT2D eigenvalue weighted by Gasteiger charge is -2.22. The zero-order valence-electron chi connectivity index (χ0n) is 13.9. The maximum atomic E-state index is 13.9. The molecule has 3 aromatic rings. The van der Waals surface area contributed by atoms with E-state index in [1.165, 1.54) is 6.07 Å². The highest BCUT2D eigenvalue weighted by molar-refractivity contribution is 5.98. The molecule has 1 amide bonds. The first-order valence-corrected chi connectivity index (χ1v) is 8.33. The van der Waals surface area contributed by atoms with Crippen molar-refractivity contribution in [3.05, 3.63) is 59.4 Å². The number of aromatic nitrogens is 1. The normalized spacial score (nSPS) is 17.5. The van der Waals surface area contributed by atoms with E-state index in [1.807, 2.05) is 12.1 Å². The van der Waals surface area contributed by atoms with Crippen molar-refractivity contribution < 1.29 is 18.3 Å². The Morgan fingerprint density at radius 2 is 2.28 bits per heavy atom. The molecule has 1 atom stereocenters. The topological polar surface area (TPSA) is 58.5 Å². The fraction of sp³-hybridized carbons (Fsp3) is 0.316. The van der Waals surface area contributed by atoms with Gasteiger partial charge >= 0.3 is 0 Å². The summed E-state index contributed by atoms with van der Waals surface area (Å²) in [7, 11) is 1.61. The standard InChI is InChI=1S/C19H19FN2O3/c1-24-11-12-7-8-18(25-12)17-6-3-9-22(17)19(23)16-10-13-14(20)4-2-5-15(13)21-16/h2,4-5,7-8,10,17,21H,3,6,9,11H2,1H3. The van der Waals surface area contributed by atoms with E-state index < -0.39 is 0 Å². The molecular formula is C19H19FN2O3. The number of fused-ring (bicyclic) bond motifs is 1. The maximum Gasteiger partial charge on any atom is 0.270 e. The third-order valence-corrected chi connectivity index (χ3v) is 4.65. The van der Waals surface area contributed by atoms with E-state index in [4.69, 9.17) is 9.15 Å². The number of carbonyl (C=O) groups excluding carboxylic acids is 1. The molecule has 0 aliphatic carbocycles. The highest BCUT2D eigenvalue weighted by Crippen LogP contribution is 2.34. The van der Waals surface area contributed by atoms with Gasteiger partial charge in [0.05, 0.1) is 6.04 Å². The number of methoxy groups -OCH3 is 1. The summed E-state index contributed by atoms with van der Waals surface area (Å²) < 4.78 is 24.8. The van der Waals surface area contributed by atoms with Gasteiger partial charge in [0.2, 0.25) is 0 Å². The average Bonchev–Trinajstić information content (AvgIpc) is 3.33. The van der Waals surface area contributed by atoms with Crippen molar-refractivity contribution in [2.75, 3.05) is 13.7 Å². The summed E-state index contributed by atoms with van der Waals surface area (Å²) in [6.45, 7) is 1.06. The quantitative estimate of drug-likeness (QED) is 0.779. The SMILES string of the molecule is COCc1ccc(C2CCCN2C(=O)c2cc3c(F)cccc3[nH]2)o1. The molecule has 4 rings (SSSR count). The van der Waals surface area contributed by atoms with E-state index in [2.05, 4.69) is 4.98 Å². The van der Waals surface area contributed by atoms with Gasteiger partial charge in [0.25, 0.3) is 5.91 Å². The lowest BCUT2D eigenvalue weighted by molar-refractivity contribution is 0.0711. The monoisotopic (exact) mass is 342 g/mol. The molecule has 1 saturated heterocycles. The van der Waals surface area contributed by atoms with Crippen LogP contribution in [0.2, 0.25) is 0 Å². The molecule has 1 fully saturated rings. The van der Waals surface area contributed by atoms with Crippen molar-refractivity contribution in [1.29, 1.82) is 0 Å². The molecule has 0 saturated carbocycles. The van der Waals surface area contributed by atoms with Crippen LogP contribution >= 0.6 is 0 Å². The molecule has 0 spiro atoms. The van der Waals surface area contributed by atoms with Crippen molar-refractivity contribution >= 4 is 16.8 Å². The first-order valence-electron chi connectivity index (χ1n) is 8.33. The fourth-order valence-corrected chi connectivity index (χ4v) is 3.49. The van der Waals surface area contributed by atoms with E-state index in [0.717, 1.165) is 24.4 Å². The zero-order chi connectivity index (χ0) is 17.4. The Morgan fingerprint density at radius 1 is 1.40 bits per heavy atom. The van der Waals surface area contributed by atoms with Crippen molar-refractivity contribution in [2.45, 2.75) is 25.5 Å². The van der Waals surface area contributed by atoms with Crippen molar-refractivity contribution in [2.24, 2.45) is 0 Å². The number of amides is 1. The first kappa shape index (κ1) is 15.9. The smallest absolute Gasteiger partial charge is 0.270 e. The molecule has 0 radical (unpaired) electrons. The van der Waals surface area contributed by atoms with Crippen LogP contribution in [0.1, 0.15) is 40.9 Å². The maximum absolute atomic E-state index is 13.9. The minimum atomic E-state index is -0.332. The molecule has 1 unspecified atom stereocenters. The largest absolute Gasteiger partial charge is 0.461 e. The molecule has 1 aliphatic heterocycles. The summed E-state index contributed by atoms with van der Waals surface area (Å²) >= 11 is 0. The van der Waals surface area contributed by atoms with Crippen LogP contribution in [0.25, 0.3) is 10.9 Å². The van der Waals surface area contributed by atoms with Crippen LogP contribution in [-0.4, -0.2) is 29.4 Å². The van der Waals surface area contributed by atoms with Crippen LogP contribution in [0.15, 0.2) is 40.8 Å². The van der Waals surface area contributed by atoms with Gasteiger partial charge in [-0.05, 0) is 43.2 Å². The predicted molar refractivity (Wildman–Crippen MR) is 90.7 cm³/mol. The molecule has 5 nitrogen and oxygen atoms in total.